The Bertz CT molecular complexity index is 88.6. The van der Waals surface area contributed by atoms with Crippen molar-refractivity contribution in [1.82, 2.24) is 5.32 Å². The van der Waals surface area contributed by atoms with E-state index < -0.39 is 0 Å². The van der Waals surface area contributed by atoms with E-state index in [4.69, 9.17) is 0 Å². The van der Waals surface area contributed by atoms with E-state index in [-0.39, 0.29) is 0 Å². The molecule has 1 aliphatic rings. The van der Waals surface area contributed by atoms with Crippen molar-refractivity contribution in [2.75, 3.05) is 6.54 Å². The summed E-state index contributed by atoms with van der Waals surface area (Å²) in [4.78, 5) is 0. The third-order valence-electron chi connectivity index (χ3n) is 2.11. The van der Waals surface area contributed by atoms with Gasteiger partial charge >= 0.3 is 0 Å². The molecule has 1 heterocycles. The second-order valence-corrected chi connectivity index (χ2v) is 3.62. The van der Waals surface area contributed by atoms with Crippen LogP contribution < -0.4 is 5.32 Å². The fraction of sp³-hybridized carbons (Fsp3) is 1.00. The Kier molecular flexibility index (Phi) is 2.12. The lowest BCUT2D eigenvalue weighted by Crippen LogP contribution is -2.51. The fourth-order valence-electron chi connectivity index (χ4n) is 1.34. The van der Waals surface area contributed by atoms with Crippen molar-refractivity contribution in [3.63, 3.8) is 0 Å². The molecule has 0 amide bonds. The quantitative estimate of drug-likeness (QED) is 0.594. The maximum atomic E-state index is 3.43. The van der Waals surface area contributed by atoms with Crippen molar-refractivity contribution < 1.29 is 0 Å². The predicted molar refractivity (Wildman–Crippen MR) is 40.4 cm³/mol. The van der Waals surface area contributed by atoms with Gasteiger partial charge in [0.2, 0.25) is 0 Å². The topological polar surface area (TPSA) is 12.0 Å². The van der Waals surface area contributed by atoms with Crippen LogP contribution in [-0.2, 0) is 0 Å². The standard InChI is InChI=1S/C8H17N/c1-6(2)4-8-7(3)5-9-8/h6-9H,4-5H2,1-3H3. The van der Waals surface area contributed by atoms with Gasteiger partial charge in [-0.15, -0.1) is 0 Å². The van der Waals surface area contributed by atoms with E-state index in [1.54, 1.807) is 0 Å². The van der Waals surface area contributed by atoms with E-state index in [0.717, 1.165) is 17.9 Å². The Hall–Kier alpha value is -0.0400. The molecule has 0 aromatic heterocycles. The minimum atomic E-state index is 0.824. The number of nitrogens with one attached hydrogen (secondary N) is 1. The van der Waals surface area contributed by atoms with Gasteiger partial charge in [0, 0.05) is 6.04 Å². The van der Waals surface area contributed by atoms with E-state index in [9.17, 15) is 0 Å². The molecule has 0 aromatic carbocycles. The molecule has 1 N–H and O–H groups in total. The van der Waals surface area contributed by atoms with Crippen LogP contribution in [0.15, 0.2) is 0 Å². The second kappa shape index (κ2) is 2.70. The predicted octanol–water partition coefficient (Wildman–Crippen LogP) is 1.64. The molecule has 0 saturated carbocycles. The minimum Gasteiger partial charge on any atom is -0.313 e. The van der Waals surface area contributed by atoms with Gasteiger partial charge in [0.25, 0.3) is 0 Å². The fourth-order valence-corrected chi connectivity index (χ4v) is 1.34. The van der Waals surface area contributed by atoms with E-state index in [1.807, 2.05) is 0 Å². The van der Waals surface area contributed by atoms with Crippen molar-refractivity contribution in [1.29, 1.82) is 0 Å². The normalized spacial score (nSPS) is 34.7. The maximum Gasteiger partial charge on any atom is 0.0107 e. The molecule has 0 aliphatic carbocycles. The lowest BCUT2D eigenvalue weighted by atomic mass is 9.87. The van der Waals surface area contributed by atoms with Gasteiger partial charge in [-0.25, -0.2) is 0 Å². The van der Waals surface area contributed by atoms with Gasteiger partial charge in [0.1, 0.15) is 0 Å². The third kappa shape index (κ3) is 1.68. The lowest BCUT2D eigenvalue weighted by molar-refractivity contribution is 0.219. The number of rotatable bonds is 2. The van der Waals surface area contributed by atoms with Gasteiger partial charge in [-0.05, 0) is 24.8 Å². The molecule has 0 spiro atoms. The van der Waals surface area contributed by atoms with Crippen molar-refractivity contribution in [2.45, 2.75) is 33.2 Å². The molecule has 1 saturated heterocycles. The van der Waals surface area contributed by atoms with E-state index in [2.05, 4.69) is 26.1 Å². The average Bonchev–Trinajstić information content (AvgIpc) is 1.79. The summed E-state index contributed by atoms with van der Waals surface area (Å²) in [6.45, 7) is 8.13. The summed E-state index contributed by atoms with van der Waals surface area (Å²) in [6.07, 6.45) is 1.35. The molecule has 54 valence electrons. The van der Waals surface area contributed by atoms with Gasteiger partial charge in [0.15, 0.2) is 0 Å². The zero-order valence-corrected chi connectivity index (χ0v) is 6.65. The zero-order valence-electron chi connectivity index (χ0n) is 6.65. The van der Waals surface area contributed by atoms with Crippen molar-refractivity contribution in [3.8, 4) is 0 Å². The molecule has 1 aliphatic heterocycles. The third-order valence-corrected chi connectivity index (χ3v) is 2.11. The van der Waals surface area contributed by atoms with Crippen LogP contribution in [0.1, 0.15) is 27.2 Å². The molecular weight excluding hydrogens is 110 g/mol. The van der Waals surface area contributed by atoms with Gasteiger partial charge in [0.05, 0.1) is 0 Å². The van der Waals surface area contributed by atoms with Crippen LogP contribution in [0.5, 0.6) is 0 Å². The molecular formula is C8H17N. The van der Waals surface area contributed by atoms with Crippen LogP contribution in [-0.4, -0.2) is 12.6 Å². The summed E-state index contributed by atoms with van der Waals surface area (Å²) < 4.78 is 0. The first kappa shape index (κ1) is 7.07. The molecule has 0 radical (unpaired) electrons. The van der Waals surface area contributed by atoms with Crippen LogP contribution in [0.3, 0.4) is 0 Å². The second-order valence-electron chi connectivity index (χ2n) is 3.62. The first-order chi connectivity index (χ1) is 4.20. The van der Waals surface area contributed by atoms with Crippen molar-refractivity contribution in [2.24, 2.45) is 11.8 Å². The Morgan fingerprint density at radius 1 is 1.56 bits per heavy atom. The first-order valence-corrected chi connectivity index (χ1v) is 3.93. The summed E-state index contributed by atoms with van der Waals surface area (Å²) in [6, 6.07) is 0.824. The zero-order chi connectivity index (χ0) is 6.85. The first-order valence-electron chi connectivity index (χ1n) is 3.93. The van der Waals surface area contributed by atoms with E-state index in [1.165, 1.54) is 13.0 Å². The number of hydrogen-bond donors (Lipinski definition) is 1. The Morgan fingerprint density at radius 3 is 2.33 bits per heavy atom. The van der Waals surface area contributed by atoms with Crippen LogP contribution in [0, 0.1) is 11.8 Å². The molecule has 0 bridgehead atoms. The van der Waals surface area contributed by atoms with E-state index >= 15 is 0 Å². The monoisotopic (exact) mass is 127 g/mol. The van der Waals surface area contributed by atoms with E-state index in [0.29, 0.717) is 0 Å². The Morgan fingerprint density at radius 2 is 2.22 bits per heavy atom. The molecule has 1 nitrogen and oxygen atoms in total. The summed E-state index contributed by atoms with van der Waals surface area (Å²) in [5, 5.41) is 3.43. The summed E-state index contributed by atoms with van der Waals surface area (Å²) >= 11 is 0. The highest BCUT2D eigenvalue weighted by Crippen LogP contribution is 2.18. The molecule has 1 heteroatoms. The Balaban J connectivity index is 2.13. The average molecular weight is 127 g/mol. The molecule has 2 unspecified atom stereocenters. The highest BCUT2D eigenvalue weighted by atomic mass is 15.0. The highest BCUT2D eigenvalue weighted by molar-refractivity contribution is 4.85. The van der Waals surface area contributed by atoms with Crippen LogP contribution in [0.4, 0.5) is 0 Å². The van der Waals surface area contributed by atoms with Gasteiger partial charge in [-0.1, -0.05) is 20.8 Å². The largest absolute Gasteiger partial charge is 0.313 e. The molecule has 1 rings (SSSR count). The molecule has 2 atom stereocenters. The summed E-state index contributed by atoms with van der Waals surface area (Å²) in [5.74, 6) is 1.78. The SMILES string of the molecule is CC(C)CC1NCC1C. The van der Waals surface area contributed by atoms with Gasteiger partial charge in [-0.3, -0.25) is 0 Å². The van der Waals surface area contributed by atoms with Gasteiger partial charge < -0.3 is 5.32 Å². The highest BCUT2D eigenvalue weighted by Gasteiger charge is 2.25. The molecule has 0 aromatic rings. The Labute approximate surface area is 57.8 Å². The van der Waals surface area contributed by atoms with Crippen LogP contribution in [0.25, 0.3) is 0 Å². The summed E-state index contributed by atoms with van der Waals surface area (Å²) in [5.41, 5.74) is 0. The van der Waals surface area contributed by atoms with Crippen LogP contribution in [0.2, 0.25) is 0 Å². The minimum absolute atomic E-state index is 0.824. The summed E-state index contributed by atoms with van der Waals surface area (Å²) in [7, 11) is 0. The maximum absolute atomic E-state index is 3.43. The van der Waals surface area contributed by atoms with Crippen molar-refractivity contribution in [3.05, 3.63) is 0 Å². The molecule has 9 heavy (non-hydrogen) atoms. The number of hydrogen-bond acceptors (Lipinski definition) is 1. The lowest BCUT2D eigenvalue weighted by Gasteiger charge is -2.36. The molecule has 1 fully saturated rings. The smallest absolute Gasteiger partial charge is 0.0107 e. The van der Waals surface area contributed by atoms with Gasteiger partial charge in [-0.2, -0.15) is 0 Å². The van der Waals surface area contributed by atoms with Crippen LogP contribution >= 0.6 is 0 Å². The van der Waals surface area contributed by atoms with Crippen molar-refractivity contribution >= 4 is 0 Å².